The van der Waals surface area contributed by atoms with Crippen LogP contribution in [0.5, 0.6) is 0 Å². The van der Waals surface area contributed by atoms with Crippen molar-refractivity contribution in [2.24, 2.45) is 11.8 Å². The van der Waals surface area contributed by atoms with E-state index in [0.717, 1.165) is 19.3 Å². The molecule has 0 aromatic rings. The highest BCUT2D eigenvalue weighted by Crippen LogP contribution is 2.33. The second kappa shape index (κ2) is 6.55. The van der Waals surface area contributed by atoms with Crippen LogP contribution in [0.4, 0.5) is 13.2 Å². The number of amides is 1. The molecule has 1 amide bonds. The van der Waals surface area contributed by atoms with Crippen molar-refractivity contribution >= 4 is 5.91 Å². The molecule has 1 aliphatic heterocycles. The van der Waals surface area contributed by atoms with E-state index in [9.17, 15) is 18.0 Å². The minimum absolute atomic E-state index is 0.0435. The number of hydrogen-bond donors (Lipinski definition) is 1. The molecule has 3 nitrogen and oxygen atoms in total. The second-order valence-electron chi connectivity index (χ2n) is 6.65. The highest BCUT2D eigenvalue weighted by molar-refractivity contribution is 5.82. The van der Waals surface area contributed by atoms with E-state index >= 15 is 0 Å². The Labute approximate surface area is 124 Å². The van der Waals surface area contributed by atoms with Crippen LogP contribution in [-0.4, -0.2) is 42.7 Å². The lowest BCUT2D eigenvalue weighted by Crippen LogP contribution is -2.54. The van der Waals surface area contributed by atoms with Crippen LogP contribution in [0, 0.1) is 11.8 Å². The number of carbonyl (C=O) groups excluding carboxylic acids is 1. The smallest absolute Gasteiger partial charge is 0.341 e. The number of halogens is 3. The Hall–Kier alpha value is -0.780. The molecule has 2 aliphatic rings. The summed E-state index contributed by atoms with van der Waals surface area (Å²) < 4.78 is 37.9. The van der Waals surface area contributed by atoms with Gasteiger partial charge in [0.1, 0.15) is 0 Å². The first-order valence-corrected chi connectivity index (χ1v) is 7.85. The fourth-order valence-corrected chi connectivity index (χ4v) is 3.53. The highest BCUT2D eigenvalue weighted by Gasteiger charge is 2.43. The number of carbonyl (C=O) groups is 1. The average Bonchev–Trinajstić information content (AvgIpc) is 2.45. The maximum atomic E-state index is 12.6. The van der Waals surface area contributed by atoms with Gasteiger partial charge in [-0.25, -0.2) is 0 Å². The van der Waals surface area contributed by atoms with Gasteiger partial charge in [-0.15, -0.1) is 0 Å². The lowest BCUT2D eigenvalue weighted by atomic mass is 9.86. The Morgan fingerprint density at radius 3 is 2.43 bits per heavy atom. The molecule has 1 saturated heterocycles. The summed E-state index contributed by atoms with van der Waals surface area (Å²) in [6.45, 7) is 2.05. The predicted octanol–water partition coefficient (Wildman–Crippen LogP) is 2.95. The molecule has 4 atom stereocenters. The van der Waals surface area contributed by atoms with Gasteiger partial charge >= 0.3 is 6.18 Å². The molecule has 21 heavy (non-hydrogen) atoms. The van der Waals surface area contributed by atoms with Crippen LogP contribution in [0.2, 0.25) is 0 Å². The summed E-state index contributed by atoms with van der Waals surface area (Å²) in [6.07, 6.45) is 0.485. The molecule has 6 heteroatoms. The van der Waals surface area contributed by atoms with Crippen molar-refractivity contribution < 1.29 is 18.0 Å². The van der Waals surface area contributed by atoms with Crippen molar-refractivity contribution in [2.45, 2.75) is 63.7 Å². The quantitative estimate of drug-likeness (QED) is 0.851. The van der Waals surface area contributed by atoms with Crippen molar-refractivity contribution in [3.63, 3.8) is 0 Å². The van der Waals surface area contributed by atoms with Gasteiger partial charge in [0.15, 0.2) is 0 Å². The van der Waals surface area contributed by atoms with Crippen LogP contribution in [-0.2, 0) is 4.79 Å². The molecule has 0 spiro atoms. The van der Waals surface area contributed by atoms with E-state index in [0.29, 0.717) is 5.92 Å². The second-order valence-corrected chi connectivity index (χ2v) is 6.65. The fraction of sp³-hybridized carbons (Fsp3) is 0.933. The van der Waals surface area contributed by atoms with Crippen molar-refractivity contribution in [2.75, 3.05) is 13.6 Å². The first-order chi connectivity index (χ1) is 9.79. The first-order valence-electron chi connectivity index (χ1n) is 7.85. The van der Waals surface area contributed by atoms with E-state index in [1.165, 1.54) is 6.42 Å². The maximum Gasteiger partial charge on any atom is 0.393 e. The predicted molar refractivity (Wildman–Crippen MR) is 74.8 cm³/mol. The Bertz CT molecular complexity index is 364. The number of piperidine rings is 1. The summed E-state index contributed by atoms with van der Waals surface area (Å²) in [5.74, 6) is -0.746. The van der Waals surface area contributed by atoms with E-state index in [-0.39, 0.29) is 31.3 Å². The van der Waals surface area contributed by atoms with Gasteiger partial charge in [0.05, 0.1) is 12.0 Å². The van der Waals surface area contributed by atoms with Crippen molar-refractivity contribution in [3.8, 4) is 0 Å². The molecule has 0 radical (unpaired) electrons. The van der Waals surface area contributed by atoms with Gasteiger partial charge in [0.25, 0.3) is 0 Å². The largest absolute Gasteiger partial charge is 0.393 e. The maximum absolute atomic E-state index is 12.6. The third-order valence-electron chi connectivity index (χ3n) is 4.98. The van der Waals surface area contributed by atoms with E-state index in [2.05, 4.69) is 12.2 Å². The van der Waals surface area contributed by atoms with Crippen LogP contribution in [0.1, 0.15) is 45.4 Å². The lowest BCUT2D eigenvalue weighted by Gasteiger charge is -2.38. The molecule has 1 heterocycles. The summed E-state index contributed by atoms with van der Waals surface area (Å²) in [5.41, 5.74) is 0. The SMILES string of the molecule is CC1CCCC(N(C)C(=O)C2CCC(C(F)(F)F)CN2)C1. The summed E-state index contributed by atoms with van der Waals surface area (Å²) in [5, 5.41) is 2.80. The lowest BCUT2D eigenvalue weighted by molar-refractivity contribution is -0.180. The zero-order valence-corrected chi connectivity index (χ0v) is 12.7. The molecule has 1 saturated carbocycles. The number of nitrogens with one attached hydrogen (secondary N) is 1. The monoisotopic (exact) mass is 306 g/mol. The van der Waals surface area contributed by atoms with Gasteiger partial charge < -0.3 is 10.2 Å². The summed E-state index contributed by atoms with van der Waals surface area (Å²) in [4.78, 5) is 14.2. The Morgan fingerprint density at radius 2 is 1.90 bits per heavy atom. The molecule has 0 aromatic carbocycles. The van der Waals surface area contributed by atoms with Crippen LogP contribution in [0.25, 0.3) is 0 Å². The van der Waals surface area contributed by atoms with E-state index in [1.807, 2.05) is 0 Å². The number of rotatable bonds is 2. The molecule has 4 unspecified atom stereocenters. The summed E-state index contributed by atoms with van der Waals surface area (Å²) in [6, 6.07) is -0.214. The highest BCUT2D eigenvalue weighted by atomic mass is 19.4. The van der Waals surface area contributed by atoms with Gasteiger partial charge in [-0.2, -0.15) is 13.2 Å². The average molecular weight is 306 g/mol. The standard InChI is InChI=1S/C15H25F3N2O/c1-10-4-3-5-12(8-10)20(2)14(21)13-7-6-11(9-19-13)15(16,17)18/h10-13,19H,3-9H2,1-2H3. The molecular formula is C15H25F3N2O. The van der Waals surface area contributed by atoms with Gasteiger partial charge in [0.2, 0.25) is 5.91 Å². The van der Waals surface area contributed by atoms with Crippen LogP contribution in [0.15, 0.2) is 0 Å². The van der Waals surface area contributed by atoms with Crippen LogP contribution >= 0.6 is 0 Å². The van der Waals surface area contributed by atoms with Crippen molar-refractivity contribution in [1.29, 1.82) is 0 Å². The molecule has 2 fully saturated rings. The minimum atomic E-state index is -4.16. The fourth-order valence-electron chi connectivity index (χ4n) is 3.53. The number of likely N-dealkylation sites (N-methyl/N-ethyl adjacent to an activating group) is 1. The first kappa shape index (κ1) is 16.6. The van der Waals surface area contributed by atoms with Crippen molar-refractivity contribution in [1.82, 2.24) is 10.2 Å². The number of hydrogen-bond acceptors (Lipinski definition) is 2. The van der Waals surface area contributed by atoms with Gasteiger partial charge in [-0.05, 0) is 31.6 Å². The molecule has 1 aliphatic carbocycles. The normalized spacial score (nSPS) is 34.5. The Kier molecular flexibility index (Phi) is 5.17. The van der Waals surface area contributed by atoms with E-state index in [4.69, 9.17) is 0 Å². The van der Waals surface area contributed by atoms with E-state index in [1.54, 1.807) is 11.9 Å². The van der Waals surface area contributed by atoms with Gasteiger partial charge in [0, 0.05) is 19.6 Å². The van der Waals surface area contributed by atoms with Crippen molar-refractivity contribution in [3.05, 3.63) is 0 Å². The molecule has 2 rings (SSSR count). The number of nitrogens with zero attached hydrogens (tertiary/aromatic N) is 1. The molecular weight excluding hydrogens is 281 g/mol. The summed E-state index contributed by atoms with van der Waals surface area (Å²) in [7, 11) is 1.79. The summed E-state index contributed by atoms with van der Waals surface area (Å²) >= 11 is 0. The third kappa shape index (κ3) is 4.11. The molecule has 0 aromatic heterocycles. The molecule has 0 bridgehead atoms. The van der Waals surface area contributed by atoms with Crippen LogP contribution < -0.4 is 5.32 Å². The molecule has 122 valence electrons. The number of alkyl halides is 3. The Balaban J connectivity index is 1.86. The zero-order valence-electron chi connectivity index (χ0n) is 12.7. The topological polar surface area (TPSA) is 32.3 Å². The van der Waals surface area contributed by atoms with Gasteiger partial charge in [-0.3, -0.25) is 4.79 Å². The van der Waals surface area contributed by atoms with Gasteiger partial charge in [-0.1, -0.05) is 19.8 Å². The van der Waals surface area contributed by atoms with Crippen LogP contribution in [0.3, 0.4) is 0 Å². The van der Waals surface area contributed by atoms with E-state index < -0.39 is 18.1 Å². The molecule has 1 N–H and O–H groups in total. The zero-order chi connectivity index (χ0) is 15.6. The minimum Gasteiger partial charge on any atom is -0.341 e. The Morgan fingerprint density at radius 1 is 1.19 bits per heavy atom. The third-order valence-corrected chi connectivity index (χ3v) is 4.98.